The zero-order valence-electron chi connectivity index (χ0n) is 10.6. The van der Waals surface area contributed by atoms with Gasteiger partial charge in [0.15, 0.2) is 0 Å². The summed E-state index contributed by atoms with van der Waals surface area (Å²) in [4.78, 5) is 14.0. The molecule has 2 N–H and O–H groups in total. The molecule has 2 rings (SSSR count). The van der Waals surface area contributed by atoms with Crippen LogP contribution in [-0.2, 0) is 0 Å². The largest absolute Gasteiger partial charge is 0.337 e. The van der Waals surface area contributed by atoms with E-state index in [1.807, 2.05) is 0 Å². The summed E-state index contributed by atoms with van der Waals surface area (Å²) >= 11 is 11.8. The zero-order valence-corrected chi connectivity index (χ0v) is 12.1. The zero-order chi connectivity index (χ0) is 13.7. The molecule has 1 fully saturated rings. The first-order chi connectivity index (χ1) is 9.15. The Morgan fingerprint density at radius 1 is 1.26 bits per heavy atom. The molecule has 0 bridgehead atoms. The Morgan fingerprint density at radius 3 is 2.68 bits per heavy atom. The Morgan fingerprint density at radius 2 is 2.00 bits per heavy atom. The maximum atomic E-state index is 11.7. The van der Waals surface area contributed by atoms with Gasteiger partial charge in [-0.3, -0.25) is 0 Å². The summed E-state index contributed by atoms with van der Waals surface area (Å²) in [6.07, 6.45) is 2.51. The van der Waals surface area contributed by atoms with Crippen LogP contribution in [0.4, 0.5) is 10.5 Å². The van der Waals surface area contributed by atoms with Crippen molar-refractivity contribution in [2.24, 2.45) is 0 Å². The summed E-state index contributed by atoms with van der Waals surface area (Å²) in [5.41, 5.74) is 0.560. The SMILES string of the molecule is O=C(NCCN1CCCC1)Nc1ccc(Cl)cc1Cl. The van der Waals surface area contributed by atoms with Gasteiger partial charge < -0.3 is 15.5 Å². The van der Waals surface area contributed by atoms with Crippen LogP contribution in [0.3, 0.4) is 0 Å². The molecule has 0 saturated carbocycles. The van der Waals surface area contributed by atoms with Crippen molar-refractivity contribution in [3.63, 3.8) is 0 Å². The third kappa shape index (κ3) is 4.56. The van der Waals surface area contributed by atoms with Gasteiger partial charge in [0.05, 0.1) is 10.7 Å². The lowest BCUT2D eigenvalue weighted by molar-refractivity contribution is 0.249. The van der Waals surface area contributed by atoms with Gasteiger partial charge >= 0.3 is 6.03 Å². The molecule has 0 aliphatic carbocycles. The van der Waals surface area contributed by atoms with Crippen molar-refractivity contribution in [3.05, 3.63) is 28.2 Å². The summed E-state index contributed by atoms with van der Waals surface area (Å²) in [7, 11) is 0. The number of carbonyl (C=O) groups excluding carboxylic acids is 1. The second kappa shape index (κ2) is 6.98. The standard InChI is InChI=1S/C13H17Cl2N3O/c14-10-3-4-12(11(15)9-10)17-13(19)16-5-8-18-6-1-2-7-18/h3-4,9H,1-2,5-8H2,(H2,16,17,19). The Labute approximate surface area is 123 Å². The fourth-order valence-corrected chi connectivity index (χ4v) is 2.55. The van der Waals surface area contributed by atoms with Gasteiger partial charge in [0.1, 0.15) is 0 Å². The maximum absolute atomic E-state index is 11.7. The van der Waals surface area contributed by atoms with Crippen molar-refractivity contribution in [2.75, 3.05) is 31.5 Å². The number of amides is 2. The molecule has 0 atom stereocenters. The highest BCUT2D eigenvalue weighted by atomic mass is 35.5. The van der Waals surface area contributed by atoms with Crippen molar-refractivity contribution in [3.8, 4) is 0 Å². The molecule has 0 aromatic heterocycles. The molecule has 0 spiro atoms. The molecule has 1 aliphatic heterocycles. The van der Waals surface area contributed by atoms with Crippen LogP contribution in [0, 0.1) is 0 Å². The van der Waals surface area contributed by atoms with E-state index in [9.17, 15) is 4.79 Å². The first-order valence-corrected chi connectivity index (χ1v) is 7.13. The molecule has 1 saturated heterocycles. The number of anilines is 1. The van der Waals surface area contributed by atoms with E-state index in [1.165, 1.54) is 12.8 Å². The van der Waals surface area contributed by atoms with Crippen LogP contribution in [-0.4, -0.2) is 37.1 Å². The summed E-state index contributed by atoms with van der Waals surface area (Å²) in [5.74, 6) is 0. The number of carbonyl (C=O) groups is 1. The number of halogens is 2. The fraction of sp³-hybridized carbons (Fsp3) is 0.462. The third-order valence-corrected chi connectivity index (χ3v) is 3.64. The van der Waals surface area contributed by atoms with Crippen LogP contribution in [0.1, 0.15) is 12.8 Å². The Hall–Kier alpha value is -0.970. The Bertz CT molecular complexity index is 448. The monoisotopic (exact) mass is 301 g/mol. The van der Waals surface area contributed by atoms with Crippen molar-refractivity contribution in [1.29, 1.82) is 0 Å². The minimum absolute atomic E-state index is 0.247. The molecular weight excluding hydrogens is 285 g/mol. The van der Waals surface area contributed by atoms with E-state index < -0.39 is 0 Å². The van der Waals surface area contributed by atoms with Gasteiger partial charge in [-0.15, -0.1) is 0 Å². The van der Waals surface area contributed by atoms with Crippen molar-refractivity contribution < 1.29 is 4.79 Å². The molecule has 19 heavy (non-hydrogen) atoms. The second-order valence-corrected chi connectivity index (χ2v) is 5.40. The van der Waals surface area contributed by atoms with Gasteiger partial charge in [-0.1, -0.05) is 23.2 Å². The van der Waals surface area contributed by atoms with E-state index in [1.54, 1.807) is 18.2 Å². The topological polar surface area (TPSA) is 44.4 Å². The van der Waals surface area contributed by atoms with Crippen LogP contribution in [0.25, 0.3) is 0 Å². The smallest absolute Gasteiger partial charge is 0.319 e. The molecule has 0 unspecified atom stereocenters. The minimum atomic E-state index is -0.247. The molecular formula is C13H17Cl2N3O. The molecule has 1 aliphatic rings. The van der Waals surface area contributed by atoms with E-state index >= 15 is 0 Å². The fourth-order valence-electron chi connectivity index (χ4n) is 2.09. The molecule has 1 aromatic rings. The summed E-state index contributed by atoms with van der Waals surface area (Å²) in [6, 6.07) is 4.73. The quantitative estimate of drug-likeness (QED) is 0.897. The van der Waals surface area contributed by atoms with Crippen molar-refractivity contribution in [2.45, 2.75) is 12.8 Å². The van der Waals surface area contributed by atoms with Gasteiger partial charge in [0, 0.05) is 18.1 Å². The maximum Gasteiger partial charge on any atom is 0.319 e. The summed E-state index contributed by atoms with van der Waals surface area (Å²) in [5, 5.41) is 6.50. The van der Waals surface area contributed by atoms with Gasteiger partial charge in [0.2, 0.25) is 0 Å². The number of rotatable bonds is 4. The van der Waals surface area contributed by atoms with Crippen molar-refractivity contribution >= 4 is 34.9 Å². The van der Waals surface area contributed by atoms with E-state index in [2.05, 4.69) is 15.5 Å². The molecule has 104 valence electrons. The van der Waals surface area contributed by atoms with Crippen LogP contribution < -0.4 is 10.6 Å². The predicted molar refractivity (Wildman–Crippen MR) is 79.2 cm³/mol. The predicted octanol–water partition coefficient (Wildman–Crippen LogP) is 3.21. The van der Waals surface area contributed by atoms with E-state index in [0.29, 0.717) is 22.3 Å². The first-order valence-electron chi connectivity index (χ1n) is 6.37. The van der Waals surface area contributed by atoms with Gasteiger partial charge in [0.25, 0.3) is 0 Å². The van der Waals surface area contributed by atoms with E-state index in [4.69, 9.17) is 23.2 Å². The Balaban J connectivity index is 1.74. The molecule has 0 radical (unpaired) electrons. The van der Waals surface area contributed by atoms with Crippen molar-refractivity contribution in [1.82, 2.24) is 10.2 Å². The molecule has 4 nitrogen and oxygen atoms in total. The van der Waals surface area contributed by atoms with Crippen LogP contribution >= 0.6 is 23.2 Å². The number of hydrogen-bond donors (Lipinski definition) is 2. The molecule has 2 amide bonds. The summed E-state index contributed by atoms with van der Waals surface area (Å²) in [6.45, 7) is 3.79. The lowest BCUT2D eigenvalue weighted by Crippen LogP contribution is -2.35. The first kappa shape index (κ1) is 14.4. The van der Waals surface area contributed by atoms with E-state index in [0.717, 1.165) is 19.6 Å². The highest BCUT2D eigenvalue weighted by molar-refractivity contribution is 6.36. The average molecular weight is 302 g/mol. The lowest BCUT2D eigenvalue weighted by Gasteiger charge is -2.15. The number of benzene rings is 1. The van der Waals surface area contributed by atoms with E-state index in [-0.39, 0.29) is 6.03 Å². The van der Waals surface area contributed by atoms with Gasteiger partial charge in [-0.25, -0.2) is 4.79 Å². The highest BCUT2D eigenvalue weighted by Gasteiger charge is 2.11. The molecule has 1 heterocycles. The second-order valence-electron chi connectivity index (χ2n) is 4.55. The third-order valence-electron chi connectivity index (χ3n) is 3.09. The number of nitrogens with one attached hydrogen (secondary N) is 2. The van der Waals surface area contributed by atoms with Crippen LogP contribution in [0.2, 0.25) is 10.0 Å². The average Bonchev–Trinajstić information content (AvgIpc) is 2.86. The normalized spacial score (nSPS) is 15.5. The summed E-state index contributed by atoms with van der Waals surface area (Å²) < 4.78 is 0. The van der Waals surface area contributed by atoms with Crippen LogP contribution in [0.5, 0.6) is 0 Å². The number of urea groups is 1. The Kier molecular flexibility index (Phi) is 5.31. The molecule has 6 heteroatoms. The number of hydrogen-bond acceptors (Lipinski definition) is 2. The number of nitrogens with zero attached hydrogens (tertiary/aromatic N) is 1. The number of likely N-dealkylation sites (tertiary alicyclic amines) is 1. The van der Waals surface area contributed by atoms with Gasteiger partial charge in [-0.05, 0) is 44.1 Å². The molecule has 1 aromatic carbocycles. The lowest BCUT2D eigenvalue weighted by atomic mass is 10.3. The van der Waals surface area contributed by atoms with Crippen LogP contribution in [0.15, 0.2) is 18.2 Å². The highest BCUT2D eigenvalue weighted by Crippen LogP contribution is 2.25. The van der Waals surface area contributed by atoms with Gasteiger partial charge in [-0.2, -0.15) is 0 Å². The minimum Gasteiger partial charge on any atom is -0.337 e.